The first-order valence-electron chi connectivity index (χ1n) is 12.7. The van der Waals surface area contributed by atoms with Gasteiger partial charge in [0, 0.05) is 17.1 Å². The molecule has 0 aliphatic carbocycles. The summed E-state index contributed by atoms with van der Waals surface area (Å²) in [6.07, 6.45) is 1.98. The van der Waals surface area contributed by atoms with Gasteiger partial charge in [-0.25, -0.2) is 0 Å². The molecule has 0 fully saturated rings. The SMILES string of the molecule is Cc1cc(C)cc(-c2nccc3c4cc(C(C)(C)C)ccc4c4c(-c5ccccc5)cccc4c23)c1. The molecule has 176 valence electrons. The second-order valence-corrected chi connectivity index (χ2v) is 11.1. The lowest BCUT2D eigenvalue weighted by Crippen LogP contribution is -2.10. The zero-order chi connectivity index (χ0) is 25.0. The Balaban J connectivity index is 1.86. The van der Waals surface area contributed by atoms with Crippen LogP contribution >= 0.6 is 0 Å². The van der Waals surface area contributed by atoms with E-state index in [1.54, 1.807) is 0 Å². The molecule has 0 bridgehead atoms. The van der Waals surface area contributed by atoms with Crippen LogP contribution in [0.15, 0.2) is 97.2 Å². The fourth-order valence-electron chi connectivity index (χ4n) is 5.65. The van der Waals surface area contributed by atoms with E-state index in [2.05, 4.69) is 126 Å². The molecule has 1 heterocycles. The summed E-state index contributed by atoms with van der Waals surface area (Å²) < 4.78 is 0. The van der Waals surface area contributed by atoms with Gasteiger partial charge in [0.25, 0.3) is 0 Å². The number of pyridine rings is 1. The van der Waals surface area contributed by atoms with E-state index >= 15 is 0 Å². The second-order valence-electron chi connectivity index (χ2n) is 11.1. The first kappa shape index (κ1) is 22.5. The Morgan fingerprint density at radius 1 is 0.556 bits per heavy atom. The minimum atomic E-state index is 0.0674. The van der Waals surface area contributed by atoms with Crippen molar-refractivity contribution in [3.8, 4) is 22.4 Å². The van der Waals surface area contributed by atoms with E-state index in [0.717, 1.165) is 5.69 Å². The number of rotatable bonds is 2. The van der Waals surface area contributed by atoms with Crippen LogP contribution in [0.1, 0.15) is 37.5 Å². The Hall–Kier alpha value is -3.97. The summed E-state index contributed by atoms with van der Waals surface area (Å²) in [5, 5.41) is 7.63. The van der Waals surface area contributed by atoms with E-state index < -0.39 is 0 Å². The first-order chi connectivity index (χ1) is 17.3. The van der Waals surface area contributed by atoms with Crippen molar-refractivity contribution in [2.45, 2.75) is 40.0 Å². The Kier molecular flexibility index (Phi) is 5.19. The Labute approximate surface area is 213 Å². The third-order valence-corrected chi connectivity index (χ3v) is 7.31. The number of fused-ring (bicyclic) bond motifs is 6. The number of aromatic nitrogens is 1. The monoisotopic (exact) mass is 465 g/mol. The maximum atomic E-state index is 4.99. The summed E-state index contributed by atoms with van der Waals surface area (Å²) >= 11 is 0. The van der Waals surface area contributed by atoms with Gasteiger partial charge < -0.3 is 0 Å². The maximum Gasteiger partial charge on any atom is 0.0786 e. The van der Waals surface area contributed by atoms with Crippen molar-refractivity contribution in [3.05, 3.63) is 114 Å². The number of hydrogen-bond donors (Lipinski definition) is 0. The van der Waals surface area contributed by atoms with E-state index in [0.29, 0.717) is 0 Å². The van der Waals surface area contributed by atoms with Crippen LogP contribution in [0.2, 0.25) is 0 Å². The number of hydrogen-bond acceptors (Lipinski definition) is 1. The molecule has 0 spiro atoms. The van der Waals surface area contributed by atoms with E-state index in [9.17, 15) is 0 Å². The minimum absolute atomic E-state index is 0.0674. The van der Waals surface area contributed by atoms with Crippen molar-refractivity contribution in [2.24, 2.45) is 0 Å². The molecule has 1 nitrogen and oxygen atoms in total. The van der Waals surface area contributed by atoms with Crippen molar-refractivity contribution in [1.82, 2.24) is 4.98 Å². The summed E-state index contributed by atoms with van der Waals surface area (Å²) in [6.45, 7) is 11.2. The Morgan fingerprint density at radius 2 is 1.28 bits per heavy atom. The molecule has 0 atom stereocenters. The van der Waals surface area contributed by atoms with Crippen molar-refractivity contribution < 1.29 is 0 Å². The highest BCUT2D eigenvalue weighted by Crippen LogP contribution is 2.44. The molecule has 1 aromatic heterocycles. The smallest absolute Gasteiger partial charge is 0.0786 e. The molecule has 0 aliphatic rings. The van der Waals surface area contributed by atoms with Crippen LogP contribution in [0.3, 0.4) is 0 Å². The van der Waals surface area contributed by atoms with E-state index in [1.807, 2.05) is 6.20 Å². The average molecular weight is 466 g/mol. The van der Waals surface area contributed by atoms with Gasteiger partial charge in [0.05, 0.1) is 5.69 Å². The molecule has 6 aromatic rings. The zero-order valence-electron chi connectivity index (χ0n) is 21.7. The fourth-order valence-corrected chi connectivity index (χ4v) is 5.65. The van der Waals surface area contributed by atoms with Crippen molar-refractivity contribution in [1.29, 1.82) is 0 Å². The summed E-state index contributed by atoms with van der Waals surface area (Å²) in [5.74, 6) is 0. The molecule has 0 N–H and O–H groups in total. The fraction of sp³-hybridized carbons (Fsp3) is 0.171. The van der Waals surface area contributed by atoms with E-state index in [4.69, 9.17) is 4.98 Å². The molecule has 0 amide bonds. The molecular weight excluding hydrogens is 434 g/mol. The summed E-state index contributed by atoms with van der Waals surface area (Å²) in [6, 6.07) is 33.5. The van der Waals surface area contributed by atoms with Gasteiger partial charge in [0.1, 0.15) is 0 Å². The third-order valence-electron chi connectivity index (χ3n) is 7.31. The second kappa shape index (κ2) is 8.31. The third kappa shape index (κ3) is 3.67. The van der Waals surface area contributed by atoms with Crippen LogP contribution in [0.4, 0.5) is 0 Å². The predicted molar refractivity (Wildman–Crippen MR) is 156 cm³/mol. The Morgan fingerprint density at radius 3 is 2.00 bits per heavy atom. The van der Waals surface area contributed by atoms with Gasteiger partial charge in [0.2, 0.25) is 0 Å². The van der Waals surface area contributed by atoms with Gasteiger partial charge in [-0.2, -0.15) is 0 Å². The molecule has 5 aromatic carbocycles. The number of benzene rings is 5. The lowest BCUT2D eigenvalue weighted by molar-refractivity contribution is 0.591. The average Bonchev–Trinajstić information content (AvgIpc) is 2.87. The van der Waals surface area contributed by atoms with E-state index in [1.165, 1.54) is 65.7 Å². The van der Waals surface area contributed by atoms with Crippen molar-refractivity contribution >= 4 is 32.3 Å². The van der Waals surface area contributed by atoms with Crippen LogP contribution in [0.25, 0.3) is 54.7 Å². The van der Waals surface area contributed by atoms with Gasteiger partial charge in [-0.3, -0.25) is 4.98 Å². The van der Waals surface area contributed by atoms with Crippen LogP contribution < -0.4 is 0 Å². The van der Waals surface area contributed by atoms with Crippen LogP contribution in [0.5, 0.6) is 0 Å². The summed E-state index contributed by atoms with van der Waals surface area (Å²) in [7, 11) is 0. The molecule has 0 radical (unpaired) electrons. The highest BCUT2D eigenvalue weighted by molar-refractivity contribution is 6.30. The van der Waals surface area contributed by atoms with Gasteiger partial charge >= 0.3 is 0 Å². The van der Waals surface area contributed by atoms with Crippen molar-refractivity contribution in [3.63, 3.8) is 0 Å². The lowest BCUT2D eigenvalue weighted by atomic mass is 9.83. The molecule has 1 heteroatoms. The number of nitrogens with zero attached hydrogens (tertiary/aromatic N) is 1. The molecule has 0 unspecified atom stereocenters. The zero-order valence-corrected chi connectivity index (χ0v) is 21.7. The standard InChI is InChI=1S/C35H31N/c1-22-18-23(2)20-25(19-22)34-33-29(16-17-36-34)31-21-26(35(3,4)5)14-15-28(31)32-27(12-9-13-30(32)33)24-10-7-6-8-11-24/h6-21H,1-5H3. The highest BCUT2D eigenvalue weighted by Gasteiger charge is 2.20. The molecule has 36 heavy (non-hydrogen) atoms. The minimum Gasteiger partial charge on any atom is -0.256 e. The lowest BCUT2D eigenvalue weighted by Gasteiger charge is -2.22. The topological polar surface area (TPSA) is 12.9 Å². The van der Waals surface area contributed by atoms with Gasteiger partial charge in [-0.15, -0.1) is 0 Å². The van der Waals surface area contributed by atoms with Gasteiger partial charge in [-0.1, -0.05) is 98.6 Å². The van der Waals surface area contributed by atoms with Crippen LogP contribution in [-0.4, -0.2) is 4.98 Å². The Bertz CT molecular complexity index is 1750. The molecular formula is C35H31N. The van der Waals surface area contributed by atoms with Gasteiger partial charge in [-0.05, 0) is 87.1 Å². The summed E-state index contributed by atoms with van der Waals surface area (Å²) in [5.41, 5.74) is 8.66. The maximum absolute atomic E-state index is 4.99. The van der Waals surface area contributed by atoms with Crippen LogP contribution in [-0.2, 0) is 5.41 Å². The van der Waals surface area contributed by atoms with Crippen LogP contribution in [0, 0.1) is 13.8 Å². The summed E-state index contributed by atoms with van der Waals surface area (Å²) in [4.78, 5) is 4.99. The number of aryl methyl sites for hydroxylation is 2. The highest BCUT2D eigenvalue weighted by atomic mass is 14.7. The molecule has 6 rings (SSSR count). The van der Waals surface area contributed by atoms with Gasteiger partial charge in [0.15, 0.2) is 0 Å². The first-order valence-corrected chi connectivity index (χ1v) is 12.7. The normalized spacial score (nSPS) is 12.0. The molecule has 0 saturated heterocycles. The van der Waals surface area contributed by atoms with Crippen molar-refractivity contribution in [2.75, 3.05) is 0 Å². The predicted octanol–water partition coefficient (Wildman–Crippen LogP) is 9.79. The largest absolute Gasteiger partial charge is 0.256 e. The van der Waals surface area contributed by atoms with E-state index in [-0.39, 0.29) is 5.41 Å². The molecule has 0 saturated carbocycles. The quantitative estimate of drug-likeness (QED) is 0.232. The molecule has 0 aliphatic heterocycles.